The second kappa shape index (κ2) is 4.09. The van der Waals surface area contributed by atoms with Gasteiger partial charge >= 0.3 is 0 Å². The molecule has 2 rings (SSSR count). The molecule has 0 spiro atoms. The molecule has 1 fully saturated rings. The Balaban J connectivity index is 2.26. The van der Waals surface area contributed by atoms with Gasteiger partial charge in [-0.2, -0.15) is 0 Å². The van der Waals surface area contributed by atoms with E-state index in [9.17, 15) is 4.39 Å². The highest BCUT2D eigenvalue weighted by Gasteiger charge is 2.17. The molecule has 0 saturated carbocycles. The van der Waals surface area contributed by atoms with E-state index in [-0.39, 0.29) is 5.82 Å². The first-order valence-electron chi connectivity index (χ1n) is 5.25. The third-order valence-corrected chi connectivity index (χ3v) is 3.05. The Hall–Kier alpha value is -0.890. The molecule has 2 heteroatoms. The zero-order valence-corrected chi connectivity index (χ0v) is 8.52. The van der Waals surface area contributed by atoms with Crippen molar-refractivity contribution in [3.8, 4) is 0 Å². The highest BCUT2D eigenvalue weighted by atomic mass is 19.1. The quantitative estimate of drug-likeness (QED) is 0.723. The average Bonchev–Trinajstić information content (AvgIpc) is 2.23. The van der Waals surface area contributed by atoms with E-state index in [2.05, 4.69) is 11.4 Å². The monoisotopic (exact) mass is 193 g/mol. The SMILES string of the molecule is Cc1c(F)cccc1[C@@H]1CCCNC1. The fourth-order valence-electron chi connectivity index (χ4n) is 2.18. The van der Waals surface area contributed by atoms with Crippen LogP contribution in [0.1, 0.15) is 29.9 Å². The summed E-state index contributed by atoms with van der Waals surface area (Å²) in [6.07, 6.45) is 2.37. The van der Waals surface area contributed by atoms with Crippen LogP contribution in [-0.2, 0) is 0 Å². The van der Waals surface area contributed by atoms with E-state index < -0.39 is 0 Å². The van der Waals surface area contributed by atoms with Crippen molar-refractivity contribution in [1.29, 1.82) is 0 Å². The molecule has 1 saturated heterocycles. The van der Waals surface area contributed by atoms with Gasteiger partial charge in [0.25, 0.3) is 0 Å². The summed E-state index contributed by atoms with van der Waals surface area (Å²) in [5.41, 5.74) is 2.00. The number of hydrogen-bond donors (Lipinski definition) is 1. The maximum absolute atomic E-state index is 13.3. The van der Waals surface area contributed by atoms with Gasteiger partial charge in [0.05, 0.1) is 0 Å². The van der Waals surface area contributed by atoms with Gasteiger partial charge in [-0.15, -0.1) is 0 Å². The molecule has 0 amide bonds. The minimum Gasteiger partial charge on any atom is -0.316 e. The van der Waals surface area contributed by atoms with Gasteiger partial charge < -0.3 is 5.32 Å². The van der Waals surface area contributed by atoms with Crippen molar-refractivity contribution >= 4 is 0 Å². The molecule has 1 aromatic carbocycles. The minimum atomic E-state index is -0.0759. The second-order valence-corrected chi connectivity index (χ2v) is 4.00. The number of piperidine rings is 1. The number of hydrogen-bond acceptors (Lipinski definition) is 1. The first kappa shape index (κ1) is 9.66. The van der Waals surface area contributed by atoms with Crippen molar-refractivity contribution in [2.75, 3.05) is 13.1 Å². The Labute approximate surface area is 84.3 Å². The van der Waals surface area contributed by atoms with Gasteiger partial charge in [-0.1, -0.05) is 12.1 Å². The molecule has 0 aromatic heterocycles. The molecule has 0 unspecified atom stereocenters. The molecule has 1 atom stereocenters. The molecule has 76 valence electrons. The molecule has 0 radical (unpaired) electrons. The fraction of sp³-hybridized carbons (Fsp3) is 0.500. The Morgan fingerprint density at radius 3 is 3.00 bits per heavy atom. The lowest BCUT2D eigenvalue weighted by Gasteiger charge is -2.24. The van der Waals surface area contributed by atoms with Crippen molar-refractivity contribution in [3.63, 3.8) is 0 Å². The molecule has 1 heterocycles. The van der Waals surface area contributed by atoms with Crippen molar-refractivity contribution in [3.05, 3.63) is 35.1 Å². The third-order valence-electron chi connectivity index (χ3n) is 3.05. The van der Waals surface area contributed by atoms with Crippen molar-refractivity contribution in [1.82, 2.24) is 5.32 Å². The lowest BCUT2D eigenvalue weighted by molar-refractivity contribution is 0.458. The van der Waals surface area contributed by atoms with Crippen LogP contribution in [0.4, 0.5) is 4.39 Å². The molecule has 1 aliphatic rings. The number of benzene rings is 1. The van der Waals surface area contributed by atoms with Gasteiger partial charge in [-0.25, -0.2) is 4.39 Å². The van der Waals surface area contributed by atoms with Gasteiger partial charge in [-0.3, -0.25) is 0 Å². The van der Waals surface area contributed by atoms with Crippen LogP contribution in [0, 0.1) is 12.7 Å². The van der Waals surface area contributed by atoms with E-state index in [0.29, 0.717) is 5.92 Å². The molecular formula is C12H16FN. The number of halogens is 1. The largest absolute Gasteiger partial charge is 0.316 e. The van der Waals surface area contributed by atoms with Crippen molar-refractivity contribution in [2.24, 2.45) is 0 Å². The number of rotatable bonds is 1. The van der Waals surface area contributed by atoms with Gasteiger partial charge in [0, 0.05) is 6.54 Å². The molecule has 1 N–H and O–H groups in total. The van der Waals surface area contributed by atoms with Crippen molar-refractivity contribution in [2.45, 2.75) is 25.7 Å². The second-order valence-electron chi connectivity index (χ2n) is 4.00. The van der Waals surface area contributed by atoms with Crippen LogP contribution in [-0.4, -0.2) is 13.1 Å². The smallest absolute Gasteiger partial charge is 0.126 e. The summed E-state index contributed by atoms with van der Waals surface area (Å²) in [5, 5.41) is 3.36. The Morgan fingerprint density at radius 1 is 1.43 bits per heavy atom. The summed E-state index contributed by atoms with van der Waals surface area (Å²) in [6, 6.07) is 5.40. The summed E-state index contributed by atoms with van der Waals surface area (Å²) in [4.78, 5) is 0. The Morgan fingerprint density at radius 2 is 2.29 bits per heavy atom. The Bertz CT molecular complexity index is 316. The predicted molar refractivity (Wildman–Crippen MR) is 56.0 cm³/mol. The summed E-state index contributed by atoms with van der Waals surface area (Å²) in [7, 11) is 0. The molecule has 1 nitrogen and oxygen atoms in total. The molecule has 0 aliphatic carbocycles. The van der Waals surface area contributed by atoms with Crippen LogP contribution in [0.25, 0.3) is 0 Å². The van der Waals surface area contributed by atoms with Gasteiger partial charge in [0.15, 0.2) is 0 Å². The van der Waals surface area contributed by atoms with Crippen LogP contribution < -0.4 is 5.32 Å². The fourth-order valence-corrected chi connectivity index (χ4v) is 2.18. The third kappa shape index (κ3) is 1.80. The zero-order chi connectivity index (χ0) is 9.97. The van der Waals surface area contributed by atoms with Crippen LogP contribution in [0.2, 0.25) is 0 Å². The van der Waals surface area contributed by atoms with Gasteiger partial charge in [-0.05, 0) is 49.4 Å². The average molecular weight is 193 g/mol. The van der Waals surface area contributed by atoms with E-state index in [0.717, 1.165) is 18.7 Å². The first-order chi connectivity index (χ1) is 6.79. The van der Waals surface area contributed by atoms with Crippen LogP contribution in [0.15, 0.2) is 18.2 Å². The molecule has 1 aromatic rings. The molecule has 1 aliphatic heterocycles. The minimum absolute atomic E-state index is 0.0759. The van der Waals surface area contributed by atoms with E-state index in [4.69, 9.17) is 0 Å². The molecule has 0 bridgehead atoms. The standard InChI is InChI=1S/C12H16FN/c1-9-11(5-2-6-12(9)13)10-4-3-7-14-8-10/h2,5-6,10,14H,3-4,7-8H2,1H3/t10-/m1/s1. The summed E-state index contributed by atoms with van der Waals surface area (Å²) < 4.78 is 13.3. The van der Waals surface area contributed by atoms with Crippen molar-refractivity contribution < 1.29 is 4.39 Å². The van der Waals surface area contributed by atoms with E-state index in [1.54, 1.807) is 0 Å². The van der Waals surface area contributed by atoms with Crippen LogP contribution in [0.5, 0.6) is 0 Å². The Kier molecular flexibility index (Phi) is 2.82. The highest BCUT2D eigenvalue weighted by Crippen LogP contribution is 2.26. The van der Waals surface area contributed by atoms with Crippen LogP contribution >= 0.6 is 0 Å². The highest BCUT2D eigenvalue weighted by molar-refractivity contribution is 5.31. The lowest BCUT2D eigenvalue weighted by atomic mass is 9.89. The lowest BCUT2D eigenvalue weighted by Crippen LogP contribution is -2.28. The zero-order valence-electron chi connectivity index (χ0n) is 8.52. The summed E-state index contributed by atoms with van der Waals surface area (Å²) in [6.45, 7) is 3.97. The van der Waals surface area contributed by atoms with E-state index in [1.807, 2.05) is 13.0 Å². The maximum atomic E-state index is 13.3. The van der Waals surface area contributed by atoms with E-state index in [1.165, 1.54) is 24.5 Å². The molecule has 14 heavy (non-hydrogen) atoms. The normalized spacial score (nSPS) is 22.3. The van der Waals surface area contributed by atoms with Gasteiger partial charge in [0.2, 0.25) is 0 Å². The van der Waals surface area contributed by atoms with E-state index >= 15 is 0 Å². The van der Waals surface area contributed by atoms with Crippen LogP contribution in [0.3, 0.4) is 0 Å². The predicted octanol–water partition coefficient (Wildman–Crippen LogP) is 2.60. The number of nitrogens with one attached hydrogen (secondary N) is 1. The molecular weight excluding hydrogens is 177 g/mol. The summed E-state index contributed by atoms with van der Waals surface area (Å²) in [5.74, 6) is 0.424. The first-order valence-corrected chi connectivity index (χ1v) is 5.25. The van der Waals surface area contributed by atoms with Gasteiger partial charge in [0.1, 0.15) is 5.82 Å². The topological polar surface area (TPSA) is 12.0 Å². The maximum Gasteiger partial charge on any atom is 0.126 e. The summed E-state index contributed by atoms with van der Waals surface area (Å²) >= 11 is 0.